The van der Waals surface area contributed by atoms with Crippen molar-refractivity contribution in [1.82, 2.24) is 9.97 Å². The summed E-state index contributed by atoms with van der Waals surface area (Å²) in [6, 6.07) is 23.5. The molecule has 3 aromatic heterocycles. The van der Waals surface area contributed by atoms with Gasteiger partial charge in [0.05, 0.1) is 35.8 Å². The van der Waals surface area contributed by atoms with E-state index in [0.717, 1.165) is 38.2 Å². The number of benzene rings is 3. The molecule has 0 spiro atoms. The molecule has 0 bridgehead atoms. The predicted molar refractivity (Wildman–Crippen MR) is 160 cm³/mol. The number of hydrogen-bond donors (Lipinski definition) is 2. The van der Waals surface area contributed by atoms with Crippen molar-refractivity contribution < 1.29 is 14.3 Å². The van der Waals surface area contributed by atoms with Crippen LogP contribution in [0.25, 0.3) is 42.8 Å². The molecule has 0 aliphatic carbocycles. The van der Waals surface area contributed by atoms with Crippen LogP contribution in [0.2, 0.25) is 0 Å². The van der Waals surface area contributed by atoms with Gasteiger partial charge in [0.15, 0.2) is 5.13 Å². The first kappa shape index (κ1) is 24.8. The monoisotopic (exact) mass is 552 g/mol. The molecule has 0 unspecified atom stereocenters. The average molecular weight is 553 g/mol. The van der Waals surface area contributed by atoms with E-state index >= 15 is 0 Å². The molecule has 0 aliphatic heterocycles. The number of nitrogens with one attached hydrogen (secondary N) is 1. The van der Waals surface area contributed by atoms with Gasteiger partial charge in [-0.2, -0.15) is 0 Å². The summed E-state index contributed by atoms with van der Waals surface area (Å²) in [5.74, 6) is 1.01. The molecule has 0 atom stereocenters. The summed E-state index contributed by atoms with van der Waals surface area (Å²) in [6.45, 7) is 2.03. The zero-order chi connectivity index (χ0) is 27.1. The third-order valence-corrected chi connectivity index (χ3v) is 8.47. The molecule has 194 valence electrons. The van der Waals surface area contributed by atoms with E-state index in [1.807, 2.05) is 73.7 Å². The van der Waals surface area contributed by atoms with E-state index in [1.54, 1.807) is 14.2 Å². The molecule has 9 heteroatoms. The number of pyridine rings is 1. The Morgan fingerprint density at radius 1 is 0.897 bits per heavy atom. The average Bonchev–Trinajstić information content (AvgIpc) is 3.52. The van der Waals surface area contributed by atoms with Gasteiger partial charge < -0.3 is 15.2 Å². The minimum Gasteiger partial charge on any atom is -0.497 e. The summed E-state index contributed by atoms with van der Waals surface area (Å²) in [4.78, 5) is 24.0. The summed E-state index contributed by atoms with van der Waals surface area (Å²) in [5.41, 5.74) is 12.3. The Labute approximate surface area is 232 Å². The minimum atomic E-state index is -0.323. The number of thiophene rings is 1. The van der Waals surface area contributed by atoms with Gasteiger partial charge in [0.1, 0.15) is 21.2 Å². The van der Waals surface area contributed by atoms with Crippen molar-refractivity contribution in [2.45, 2.75) is 6.92 Å². The van der Waals surface area contributed by atoms with E-state index in [1.165, 1.54) is 22.7 Å². The fourth-order valence-electron chi connectivity index (χ4n) is 4.52. The van der Waals surface area contributed by atoms with Crippen LogP contribution in [0, 0.1) is 6.92 Å². The van der Waals surface area contributed by atoms with Crippen molar-refractivity contribution >= 4 is 59.8 Å². The van der Waals surface area contributed by atoms with Crippen LogP contribution in [0.4, 0.5) is 10.8 Å². The number of thiazole rings is 1. The molecule has 3 N–H and O–H groups in total. The van der Waals surface area contributed by atoms with Crippen LogP contribution in [0.15, 0.2) is 72.8 Å². The molecule has 3 aromatic carbocycles. The zero-order valence-corrected chi connectivity index (χ0v) is 23.1. The van der Waals surface area contributed by atoms with Crippen LogP contribution >= 0.6 is 22.7 Å². The Morgan fingerprint density at radius 3 is 2.49 bits per heavy atom. The molecule has 0 aliphatic rings. The van der Waals surface area contributed by atoms with Crippen LogP contribution in [0.5, 0.6) is 11.5 Å². The highest BCUT2D eigenvalue weighted by Gasteiger charge is 2.24. The van der Waals surface area contributed by atoms with Gasteiger partial charge in [-0.25, -0.2) is 9.97 Å². The fourth-order valence-corrected chi connectivity index (χ4v) is 6.50. The first-order chi connectivity index (χ1) is 18.9. The number of nitrogen functional groups attached to an aromatic ring is 1. The molecule has 6 aromatic rings. The largest absolute Gasteiger partial charge is 0.497 e. The number of rotatable bonds is 6. The van der Waals surface area contributed by atoms with E-state index in [4.69, 9.17) is 20.2 Å². The van der Waals surface area contributed by atoms with Gasteiger partial charge in [-0.3, -0.25) is 10.1 Å². The number of ether oxygens (including phenoxy) is 2. The Balaban J connectivity index is 1.51. The van der Waals surface area contributed by atoms with E-state index in [9.17, 15) is 4.79 Å². The number of anilines is 2. The van der Waals surface area contributed by atoms with Gasteiger partial charge in [-0.15, -0.1) is 11.3 Å². The van der Waals surface area contributed by atoms with Gasteiger partial charge in [-0.05, 0) is 48.9 Å². The van der Waals surface area contributed by atoms with Gasteiger partial charge in [0, 0.05) is 22.1 Å². The second-order valence-electron chi connectivity index (χ2n) is 8.96. The molecule has 0 fully saturated rings. The Morgan fingerprint density at radius 2 is 1.72 bits per heavy atom. The molecule has 7 nitrogen and oxygen atoms in total. The van der Waals surface area contributed by atoms with Crippen molar-refractivity contribution in [3.63, 3.8) is 0 Å². The molecule has 0 saturated heterocycles. The van der Waals surface area contributed by atoms with E-state index in [2.05, 4.69) is 16.4 Å². The third-order valence-electron chi connectivity index (χ3n) is 6.44. The number of methoxy groups -OCH3 is 2. The summed E-state index contributed by atoms with van der Waals surface area (Å²) in [5, 5.41) is 4.15. The van der Waals surface area contributed by atoms with Crippen LogP contribution in [0.3, 0.4) is 0 Å². The topological polar surface area (TPSA) is 99.4 Å². The second kappa shape index (κ2) is 10.0. The number of aryl methyl sites for hydroxylation is 1. The summed E-state index contributed by atoms with van der Waals surface area (Å²) in [7, 11) is 3.24. The lowest BCUT2D eigenvalue weighted by Crippen LogP contribution is -2.11. The number of nitrogens with two attached hydrogens (primary N) is 1. The summed E-state index contributed by atoms with van der Waals surface area (Å²) >= 11 is 2.69. The first-order valence-corrected chi connectivity index (χ1v) is 13.8. The number of aromatic nitrogens is 2. The van der Waals surface area contributed by atoms with E-state index in [0.29, 0.717) is 37.4 Å². The summed E-state index contributed by atoms with van der Waals surface area (Å²) < 4.78 is 12.2. The van der Waals surface area contributed by atoms with Gasteiger partial charge in [-0.1, -0.05) is 47.7 Å². The highest BCUT2D eigenvalue weighted by atomic mass is 32.1. The molecule has 3 heterocycles. The minimum absolute atomic E-state index is 0.323. The molecule has 0 radical (unpaired) electrons. The fraction of sp³-hybridized carbons (Fsp3) is 0.100. The molecular formula is C30H24N4O3S2. The van der Waals surface area contributed by atoms with Crippen molar-refractivity contribution in [1.29, 1.82) is 0 Å². The van der Waals surface area contributed by atoms with Gasteiger partial charge in [0.25, 0.3) is 5.91 Å². The highest BCUT2D eigenvalue weighted by Crippen LogP contribution is 2.45. The van der Waals surface area contributed by atoms with Crippen molar-refractivity contribution in [2.24, 2.45) is 0 Å². The lowest BCUT2D eigenvalue weighted by atomic mass is 9.98. The van der Waals surface area contributed by atoms with Crippen LogP contribution in [0.1, 0.15) is 15.2 Å². The Hall–Kier alpha value is -4.47. The van der Waals surface area contributed by atoms with Crippen molar-refractivity contribution in [2.75, 3.05) is 25.3 Å². The number of carbonyl (C=O) groups excluding carboxylic acids is 1. The zero-order valence-electron chi connectivity index (χ0n) is 21.4. The molecule has 6 rings (SSSR count). The number of nitrogens with zero attached hydrogens (tertiary/aromatic N) is 2. The first-order valence-electron chi connectivity index (χ1n) is 12.1. The molecular weight excluding hydrogens is 528 g/mol. The molecule has 1 amide bonds. The van der Waals surface area contributed by atoms with Gasteiger partial charge in [0.2, 0.25) is 0 Å². The summed E-state index contributed by atoms with van der Waals surface area (Å²) in [6.07, 6.45) is 0. The third kappa shape index (κ3) is 4.56. The lowest BCUT2D eigenvalue weighted by molar-refractivity contribution is 0.103. The van der Waals surface area contributed by atoms with Crippen molar-refractivity contribution in [3.8, 4) is 33.9 Å². The molecule has 39 heavy (non-hydrogen) atoms. The number of amides is 1. The lowest BCUT2D eigenvalue weighted by Gasteiger charge is -2.13. The number of carbonyl (C=O) groups is 1. The second-order valence-corrected chi connectivity index (χ2v) is 11.0. The predicted octanol–water partition coefficient (Wildman–Crippen LogP) is 7.40. The van der Waals surface area contributed by atoms with Crippen molar-refractivity contribution in [3.05, 3.63) is 83.2 Å². The standard InChI is InChI=1S/C30H24N4O3S2/c1-16-9-11-21-24(13-16)38-30(33-21)34-28(35)27-26(31)25-20(19-14-18(36-2)10-12-23(19)37-3)15-22(32-29(25)39-27)17-7-5-4-6-8-17/h4-15H,31H2,1-3H3,(H,33,34,35). The van der Waals surface area contributed by atoms with Crippen LogP contribution in [-0.4, -0.2) is 30.1 Å². The maximum absolute atomic E-state index is 13.5. The quantitative estimate of drug-likeness (QED) is 0.223. The highest BCUT2D eigenvalue weighted by molar-refractivity contribution is 7.23. The van der Waals surface area contributed by atoms with Gasteiger partial charge >= 0.3 is 0 Å². The number of hydrogen-bond acceptors (Lipinski definition) is 8. The smallest absolute Gasteiger partial charge is 0.269 e. The van der Waals surface area contributed by atoms with Crippen LogP contribution < -0.4 is 20.5 Å². The van der Waals surface area contributed by atoms with E-state index in [-0.39, 0.29) is 5.91 Å². The molecule has 0 saturated carbocycles. The normalized spacial score (nSPS) is 11.2. The Kier molecular flexibility index (Phi) is 6.38. The van der Waals surface area contributed by atoms with E-state index < -0.39 is 0 Å². The SMILES string of the molecule is COc1ccc(OC)c(-c2cc(-c3ccccc3)nc3sc(C(=O)Nc4nc5ccc(C)cc5s4)c(N)c23)c1. The Bertz CT molecular complexity index is 1860. The van der Waals surface area contributed by atoms with Crippen LogP contribution in [-0.2, 0) is 0 Å². The number of fused-ring (bicyclic) bond motifs is 2. The maximum atomic E-state index is 13.5. The maximum Gasteiger partial charge on any atom is 0.269 e.